The summed E-state index contributed by atoms with van der Waals surface area (Å²) in [7, 11) is 0. The highest BCUT2D eigenvalue weighted by atomic mass is 35.5. The molecule has 0 spiro atoms. The lowest BCUT2D eigenvalue weighted by Gasteiger charge is -2.52. The summed E-state index contributed by atoms with van der Waals surface area (Å²) >= 11 is 7.27. The Morgan fingerprint density at radius 3 is 3.00 bits per heavy atom. The van der Waals surface area contributed by atoms with Crippen LogP contribution >= 0.6 is 23.4 Å². The van der Waals surface area contributed by atoms with Gasteiger partial charge in [-0.05, 0) is 12.1 Å². The Kier molecular flexibility index (Phi) is 3.82. The van der Waals surface area contributed by atoms with Gasteiger partial charge >= 0.3 is 5.97 Å². The Morgan fingerprint density at radius 1 is 1.59 bits per heavy atom. The number of carboxylic acid groups (broad SMARTS) is 1. The lowest BCUT2D eigenvalue weighted by Crippen LogP contribution is -2.74. The standard InChI is InChI=1S/C13H13ClN2O5S/c14-13(12(19)20)5-16-10(18)9(11(16)22-6-13)15-8(17)4-7-2-1-3-21-7/h1-3,9,11H,4-6H2,(H,15,17)(H,19,20)/t9?,11-,13?/m1/s1. The van der Waals surface area contributed by atoms with E-state index in [1.165, 1.54) is 22.9 Å². The first-order chi connectivity index (χ1) is 10.4. The van der Waals surface area contributed by atoms with Crippen molar-refractivity contribution in [2.45, 2.75) is 22.7 Å². The SMILES string of the molecule is O=C(Cc1ccco1)NC1C(=O)N2CC(Cl)(C(=O)O)CS[C@H]12. The highest BCUT2D eigenvalue weighted by molar-refractivity contribution is 8.00. The van der Waals surface area contributed by atoms with E-state index < -0.39 is 16.9 Å². The van der Waals surface area contributed by atoms with Gasteiger partial charge in [-0.1, -0.05) is 0 Å². The van der Waals surface area contributed by atoms with Crippen molar-refractivity contribution < 1.29 is 23.9 Å². The van der Waals surface area contributed by atoms with E-state index in [1.54, 1.807) is 12.1 Å². The van der Waals surface area contributed by atoms with Crippen LogP contribution in [0.15, 0.2) is 22.8 Å². The second-order valence-electron chi connectivity index (χ2n) is 5.24. The number of amides is 2. The Bertz CT molecular complexity index is 622. The predicted octanol–water partition coefficient (Wildman–Crippen LogP) is 0.284. The van der Waals surface area contributed by atoms with Crippen LogP contribution in [0.1, 0.15) is 5.76 Å². The molecule has 3 rings (SSSR count). The summed E-state index contributed by atoms with van der Waals surface area (Å²) in [4.78, 5) is 35.0. The van der Waals surface area contributed by atoms with Crippen LogP contribution in [-0.4, -0.2) is 56.4 Å². The molecule has 0 radical (unpaired) electrons. The van der Waals surface area contributed by atoms with Crippen LogP contribution in [0.25, 0.3) is 0 Å². The van der Waals surface area contributed by atoms with Gasteiger partial charge < -0.3 is 19.7 Å². The highest BCUT2D eigenvalue weighted by Gasteiger charge is 2.56. The Hall–Kier alpha value is -1.67. The van der Waals surface area contributed by atoms with E-state index in [0.29, 0.717) is 5.76 Å². The van der Waals surface area contributed by atoms with Gasteiger partial charge in [0.1, 0.15) is 17.2 Å². The van der Waals surface area contributed by atoms with Crippen LogP contribution in [0.4, 0.5) is 0 Å². The molecule has 7 nitrogen and oxygen atoms in total. The number of hydrogen-bond donors (Lipinski definition) is 2. The molecule has 2 fully saturated rings. The van der Waals surface area contributed by atoms with Crippen molar-refractivity contribution in [3.05, 3.63) is 24.2 Å². The Labute approximate surface area is 135 Å². The molecule has 1 aromatic rings. The first-order valence-electron chi connectivity index (χ1n) is 6.57. The topological polar surface area (TPSA) is 99.9 Å². The minimum Gasteiger partial charge on any atom is -0.480 e. The van der Waals surface area contributed by atoms with E-state index in [9.17, 15) is 14.4 Å². The van der Waals surface area contributed by atoms with Gasteiger partial charge in [0, 0.05) is 5.75 Å². The second kappa shape index (κ2) is 5.51. The number of alkyl halides is 1. The van der Waals surface area contributed by atoms with E-state index in [-0.39, 0.29) is 35.9 Å². The predicted molar refractivity (Wildman–Crippen MR) is 78.5 cm³/mol. The van der Waals surface area contributed by atoms with Crippen molar-refractivity contribution in [3.8, 4) is 0 Å². The number of halogens is 1. The molecular weight excluding hydrogens is 332 g/mol. The van der Waals surface area contributed by atoms with Crippen LogP contribution in [-0.2, 0) is 20.8 Å². The first-order valence-corrected chi connectivity index (χ1v) is 7.99. The molecule has 0 aliphatic carbocycles. The highest BCUT2D eigenvalue weighted by Crippen LogP contribution is 2.40. The second-order valence-corrected chi connectivity index (χ2v) is 7.07. The lowest BCUT2D eigenvalue weighted by atomic mass is 10.0. The average Bonchev–Trinajstić information content (AvgIpc) is 2.97. The summed E-state index contributed by atoms with van der Waals surface area (Å²) in [6.45, 7) is -0.0507. The van der Waals surface area contributed by atoms with Gasteiger partial charge in [-0.2, -0.15) is 0 Å². The maximum Gasteiger partial charge on any atom is 0.327 e. The summed E-state index contributed by atoms with van der Waals surface area (Å²) in [5.74, 6) is -1.06. The quantitative estimate of drug-likeness (QED) is 0.601. The number of thioether (sulfide) groups is 1. The van der Waals surface area contributed by atoms with Crippen LogP contribution in [0.3, 0.4) is 0 Å². The Balaban J connectivity index is 1.59. The fourth-order valence-corrected chi connectivity index (χ4v) is 4.17. The number of fused-ring (bicyclic) bond motifs is 1. The number of aliphatic carboxylic acids is 1. The largest absolute Gasteiger partial charge is 0.480 e. The van der Waals surface area contributed by atoms with Gasteiger partial charge in [0.25, 0.3) is 0 Å². The number of nitrogens with one attached hydrogen (secondary N) is 1. The van der Waals surface area contributed by atoms with Gasteiger partial charge in [-0.15, -0.1) is 23.4 Å². The molecule has 2 aliphatic rings. The number of carboxylic acids is 1. The number of β-lactam (4-membered cyclic amide) rings is 1. The summed E-state index contributed by atoms with van der Waals surface area (Å²) < 4.78 is 5.08. The molecule has 0 aromatic carbocycles. The molecule has 2 N–H and O–H groups in total. The van der Waals surface area contributed by atoms with Gasteiger partial charge in [0.15, 0.2) is 4.87 Å². The van der Waals surface area contributed by atoms with E-state index in [0.717, 1.165) is 0 Å². The Morgan fingerprint density at radius 2 is 2.36 bits per heavy atom. The zero-order valence-electron chi connectivity index (χ0n) is 11.3. The van der Waals surface area contributed by atoms with Gasteiger partial charge in [0.2, 0.25) is 11.8 Å². The van der Waals surface area contributed by atoms with Crippen molar-refractivity contribution in [3.63, 3.8) is 0 Å². The van der Waals surface area contributed by atoms with Crippen molar-refractivity contribution >= 4 is 41.1 Å². The molecule has 22 heavy (non-hydrogen) atoms. The smallest absolute Gasteiger partial charge is 0.327 e. The average molecular weight is 345 g/mol. The molecular formula is C13H13ClN2O5S. The van der Waals surface area contributed by atoms with Crippen molar-refractivity contribution in [1.29, 1.82) is 0 Å². The van der Waals surface area contributed by atoms with Crippen molar-refractivity contribution in [2.75, 3.05) is 12.3 Å². The molecule has 1 aromatic heterocycles. The van der Waals surface area contributed by atoms with Crippen LogP contribution < -0.4 is 5.32 Å². The van der Waals surface area contributed by atoms with E-state index in [4.69, 9.17) is 21.1 Å². The maximum atomic E-state index is 12.1. The van der Waals surface area contributed by atoms with Crippen LogP contribution in [0.2, 0.25) is 0 Å². The molecule has 0 bridgehead atoms. The third-order valence-corrected chi connectivity index (χ3v) is 5.76. The zero-order valence-corrected chi connectivity index (χ0v) is 12.9. The molecule has 0 saturated carbocycles. The number of carbonyl (C=O) groups excluding carboxylic acids is 2. The molecule has 118 valence electrons. The number of furan rings is 1. The molecule has 3 heterocycles. The third kappa shape index (κ3) is 2.56. The third-order valence-electron chi connectivity index (χ3n) is 3.66. The summed E-state index contributed by atoms with van der Waals surface area (Å²) in [5, 5.41) is 11.5. The molecule has 2 amide bonds. The summed E-state index contributed by atoms with van der Waals surface area (Å²) in [6.07, 6.45) is 1.53. The monoisotopic (exact) mass is 344 g/mol. The zero-order chi connectivity index (χ0) is 15.9. The normalized spacial score (nSPS) is 30.4. The van der Waals surface area contributed by atoms with E-state index >= 15 is 0 Å². The lowest BCUT2D eigenvalue weighted by molar-refractivity contribution is -0.152. The summed E-state index contributed by atoms with van der Waals surface area (Å²) in [6, 6.07) is 2.72. The van der Waals surface area contributed by atoms with Crippen LogP contribution in [0.5, 0.6) is 0 Å². The first kappa shape index (κ1) is 15.2. The molecule has 2 aliphatic heterocycles. The van der Waals surface area contributed by atoms with Crippen LogP contribution in [0, 0.1) is 0 Å². The minimum absolute atomic E-state index is 0.0507. The molecule has 9 heteroatoms. The number of carbonyl (C=O) groups is 3. The molecule has 2 unspecified atom stereocenters. The number of rotatable bonds is 4. The van der Waals surface area contributed by atoms with Gasteiger partial charge in [-0.25, -0.2) is 0 Å². The maximum absolute atomic E-state index is 12.1. The molecule has 2 saturated heterocycles. The fourth-order valence-electron chi connectivity index (χ4n) is 2.47. The van der Waals surface area contributed by atoms with E-state index in [2.05, 4.69) is 5.32 Å². The molecule has 3 atom stereocenters. The van der Waals surface area contributed by atoms with Crippen molar-refractivity contribution in [1.82, 2.24) is 10.2 Å². The van der Waals surface area contributed by atoms with E-state index in [1.807, 2.05) is 0 Å². The van der Waals surface area contributed by atoms with Gasteiger partial charge in [-0.3, -0.25) is 14.4 Å². The van der Waals surface area contributed by atoms with Crippen molar-refractivity contribution in [2.24, 2.45) is 0 Å². The number of hydrogen-bond acceptors (Lipinski definition) is 5. The fraction of sp³-hybridized carbons (Fsp3) is 0.462. The number of nitrogens with zero attached hydrogens (tertiary/aromatic N) is 1. The summed E-state index contributed by atoms with van der Waals surface area (Å²) in [5.41, 5.74) is 0. The minimum atomic E-state index is -1.46. The van der Waals surface area contributed by atoms with Gasteiger partial charge in [0.05, 0.1) is 19.2 Å².